The largest absolute Gasteiger partial charge is 0.329 e. The average molecular weight is 253 g/mol. The molecule has 5 nitrogen and oxygen atoms in total. The predicted molar refractivity (Wildman–Crippen MR) is 65.5 cm³/mol. The highest BCUT2D eigenvalue weighted by Crippen LogP contribution is 2.10. The van der Waals surface area contributed by atoms with Gasteiger partial charge in [0.1, 0.15) is 0 Å². The summed E-state index contributed by atoms with van der Waals surface area (Å²) in [6, 6.07) is 8.48. The van der Waals surface area contributed by atoms with E-state index in [-0.39, 0.29) is 5.75 Å². The molecule has 1 rings (SSSR count). The number of hydrogen-bond donors (Lipinski definition) is 1. The summed E-state index contributed by atoms with van der Waals surface area (Å²) in [4.78, 5) is 0. The van der Waals surface area contributed by atoms with Crippen LogP contribution in [0.25, 0.3) is 0 Å². The van der Waals surface area contributed by atoms with E-state index in [9.17, 15) is 8.42 Å². The molecular formula is C11H15N3O2S. The van der Waals surface area contributed by atoms with Gasteiger partial charge in [-0.05, 0) is 17.7 Å². The molecule has 2 N–H and O–H groups in total. The van der Waals surface area contributed by atoms with Crippen LogP contribution in [0.5, 0.6) is 0 Å². The second kappa shape index (κ2) is 5.77. The van der Waals surface area contributed by atoms with Crippen LogP contribution in [0.2, 0.25) is 0 Å². The van der Waals surface area contributed by atoms with E-state index in [1.807, 2.05) is 6.07 Å². The molecule has 0 aliphatic heterocycles. The van der Waals surface area contributed by atoms with Crippen LogP contribution in [0.15, 0.2) is 24.3 Å². The summed E-state index contributed by atoms with van der Waals surface area (Å²) in [5, 5.41) is 8.63. The Morgan fingerprint density at radius 1 is 1.35 bits per heavy atom. The molecule has 0 amide bonds. The molecular weight excluding hydrogens is 238 g/mol. The van der Waals surface area contributed by atoms with Gasteiger partial charge in [-0.1, -0.05) is 12.1 Å². The zero-order valence-electron chi connectivity index (χ0n) is 9.63. The number of likely N-dealkylation sites (N-methyl/N-ethyl adjacent to an activating group) is 1. The second-order valence-electron chi connectivity index (χ2n) is 3.68. The molecule has 0 fully saturated rings. The molecule has 0 aromatic heterocycles. The van der Waals surface area contributed by atoms with Crippen molar-refractivity contribution in [2.75, 3.05) is 20.1 Å². The first-order chi connectivity index (χ1) is 7.99. The number of nitrogens with zero attached hydrogens (tertiary/aromatic N) is 2. The van der Waals surface area contributed by atoms with Crippen molar-refractivity contribution < 1.29 is 8.42 Å². The van der Waals surface area contributed by atoms with Gasteiger partial charge in [0.15, 0.2) is 0 Å². The summed E-state index contributed by atoms with van der Waals surface area (Å²) in [6.45, 7) is 0.599. The molecule has 6 heteroatoms. The van der Waals surface area contributed by atoms with Gasteiger partial charge in [-0.3, -0.25) is 0 Å². The first-order valence-electron chi connectivity index (χ1n) is 5.12. The Hall–Kier alpha value is -1.42. The second-order valence-corrected chi connectivity index (χ2v) is 5.75. The van der Waals surface area contributed by atoms with Crippen molar-refractivity contribution in [3.8, 4) is 6.07 Å². The normalized spacial score (nSPS) is 11.4. The predicted octanol–water partition coefficient (Wildman–Crippen LogP) is 0.279. The van der Waals surface area contributed by atoms with Crippen LogP contribution in [0.3, 0.4) is 0 Å². The van der Waals surface area contributed by atoms with Crippen molar-refractivity contribution in [2.45, 2.75) is 5.75 Å². The molecule has 17 heavy (non-hydrogen) atoms. The maximum atomic E-state index is 11.8. The number of benzene rings is 1. The van der Waals surface area contributed by atoms with Crippen LogP contribution in [0.1, 0.15) is 11.1 Å². The zero-order valence-corrected chi connectivity index (χ0v) is 10.4. The minimum absolute atomic E-state index is 0.0742. The summed E-state index contributed by atoms with van der Waals surface area (Å²) in [5.41, 5.74) is 6.49. The van der Waals surface area contributed by atoms with Gasteiger partial charge in [-0.25, -0.2) is 12.7 Å². The molecule has 0 saturated carbocycles. The van der Waals surface area contributed by atoms with Gasteiger partial charge < -0.3 is 5.73 Å². The fourth-order valence-corrected chi connectivity index (χ4v) is 2.53. The van der Waals surface area contributed by atoms with E-state index >= 15 is 0 Å². The number of nitrogens with two attached hydrogens (primary N) is 1. The lowest BCUT2D eigenvalue weighted by Crippen LogP contribution is -2.32. The molecule has 1 aromatic rings. The lowest BCUT2D eigenvalue weighted by Gasteiger charge is -2.15. The lowest BCUT2D eigenvalue weighted by atomic mass is 10.2. The third kappa shape index (κ3) is 3.82. The summed E-state index contributed by atoms with van der Waals surface area (Å²) in [6.07, 6.45) is 0. The Morgan fingerprint density at radius 3 is 2.41 bits per heavy atom. The molecule has 0 unspecified atom stereocenters. The third-order valence-electron chi connectivity index (χ3n) is 2.35. The number of rotatable bonds is 5. The van der Waals surface area contributed by atoms with E-state index in [2.05, 4.69) is 0 Å². The van der Waals surface area contributed by atoms with Crippen molar-refractivity contribution in [3.05, 3.63) is 35.4 Å². The SMILES string of the molecule is CN(CCN)S(=O)(=O)Cc1ccc(C#N)cc1. The first-order valence-corrected chi connectivity index (χ1v) is 6.73. The Labute approximate surface area is 102 Å². The van der Waals surface area contributed by atoms with Crippen molar-refractivity contribution >= 4 is 10.0 Å². The topological polar surface area (TPSA) is 87.2 Å². The van der Waals surface area contributed by atoms with Crippen molar-refractivity contribution in [1.29, 1.82) is 5.26 Å². The Bertz CT molecular complexity index is 503. The Kier molecular flexibility index (Phi) is 4.63. The Balaban J connectivity index is 2.80. The number of hydrogen-bond acceptors (Lipinski definition) is 4. The molecule has 0 heterocycles. The molecule has 0 spiro atoms. The van der Waals surface area contributed by atoms with E-state index < -0.39 is 10.0 Å². The monoisotopic (exact) mass is 253 g/mol. The molecule has 0 aliphatic carbocycles. The van der Waals surface area contributed by atoms with Crippen LogP contribution < -0.4 is 5.73 Å². The average Bonchev–Trinajstić information content (AvgIpc) is 2.30. The van der Waals surface area contributed by atoms with Crippen molar-refractivity contribution in [3.63, 3.8) is 0 Å². The Morgan fingerprint density at radius 2 is 1.94 bits per heavy atom. The van der Waals surface area contributed by atoms with Gasteiger partial charge in [0, 0.05) is 20.1 Å². The third-order valence-corrected chi connectivity index (χ3v) is 4.18. The van der Waals surface area contributed by atoms with E-state index in [0.29, 0.717) is 24.2 Å². The zero-order chi connectivity index (χ0) is 12.9. The van der Waals surface area contributed by atoms with Gasteiger partial charge >= 0.3 is 0 Å². The number of sulfonamides is 1. The fourth-order valence-electron chi connectivity index (χ4n) is 1.32. The van der Waals surface area contributed by atoms with Crippen LogP contribution in [-0.2, 0) is 15.8 Å². The van der Waals surface area contributed by atoms with Gasteiger partial charge in [0.25, 0.3) is 0 Å². The maximum absolute atomic E-state index is 11.8. The van der Waals surface area contributed by atoms with Crippen LogP contribution in [-0.4, -0.2) is 32.9 Å². The standard InChI is InChI=1S/C11H15N3O2S/c1-14(7-6-12)17(15,16)9-11-4-2-10(8-13)3-5-11/h2-5H,6-7,9,12H2,1H3. The molecule has 0 atom stereocenters. The van der Waals surface area contributed by atoms with Gasteiger partial charge in [0.05, 0.1) is 17.4 Å². The highest BCUT2D eigenvalue weighted by Gasteiger charge is 2.17. The van der Waals surface area contributed by atoms with E-state index in [0.717, 1.165) is 0 Å². The number of nitriles is 1. The molecule has 0 saturated heterocycles. The summed E-state index contributed by atoms with van der Waals surface area (Å²) in [7, 11) is -1.82. The molecule has 0 aliphatic rings. The fraction of sp³-hybridized carbons (Fsp3) is 0.364. The molecule has 0 bridgehead atoms. The smallest absolute Gasteiger partial charge is 0.218 e. The minimum atomic E-state index is -3.32. The van der Waals surface area contributed by atoms with Gasteiger partial charge in [-0.2, -0.15) is 5.26 Å². The highest BCUT2D eigenvalue weighted by atomic mass is 32.2. The van der Waals surface area contributed by atoms with Crippen LogP contribution in [0, 0.1) is 11.3 Å². The van der Waals surface area contributed by atoms with Crippen LogP contribution >= 0.6 is 0 Å². The maximum Gasteiger partial charge on any atom is 0.218 e. The molecule has 0 radical (unpaired) electrons. The quantitative estimate of drug-likeness (QED) is 0.816. The first kappa shape index (κ1) is 13.6. The van der Waals surface area contributed by atoms with Crippen LogP contribution in [0.4, 0.5) is 0 Å². The van der Waals surface area contributed by atoms with Crippen molar-refractivity contribution in [2.24, 2.45) is 5.73 Å². The van der Waals surface area contributed by atoms with Gasteiger partial charge in [-0.15, -0.1) is 0 Å². The summed E-state index contributed by atoms with van der Waals surface area (Å²) >= 11 is 0. The molecule has 92 valence electrons. The molecule has 1 aromatic carbocycles. The minimum Gasteiger partial charge on any atom is -0.329 e. The van der Waals surface area contributed by atoms with E-state index in [1.165, 1.54) is 11.4 Å². The lowest BCUT2D eigenvalue weighted by molar-refractivity contribution is 0.476. The van der Waals surface area contributed by atoms with E-state index in [1.54, 1.807) is 24.3 Å². The summed E-state index contributed by atoms with van der Waals surface area (Å²) < 4.78 is 24.9. The summed E-state index contributed by atoms with van der Waals surface area (Å²) in [5.74, 6) is -0.0742. The van der Waals surface area contributed by atoms with Crippen molar-refractivity contribution in [1.82, 2.24) is 4.31 Å². The van der Waals surface area contributed by atoms with E-state index in [4.69, 9.17) is 11.0 Å². The van der Waals surface area contributed by atoms with Gasteiger partial charge in [0.2, 0.25) is 10.0 Å². The highest BCUT2D eigenvalue weighted by molar-refractivity contribution is 7.88.